The molecule has 0 radical (unpaired) electrons. The molecule has 1 aromatic heterocycles. The van der Waals surface area contributed by atoms with Crippen molar-refractivity contribution in [2.45, 2.75) is 40.3 Å². The van der Waals surface area contributed by atoms with E-state index >= 15 is 0 Å². The van der Waals surface area contributed by atoms with Gasteiger partial charge in [-0.05, 0) is 25.8 Å². The van der Waals surface area contributed by atoms with Gasteiger partial charge in [0, 0.05) is 12.3 Å². The van der Waals surface area contributed by atoms with Gasteiger partial charge in [0.15, 0.2) is 0 Å². The molecule has 1 atom stereocenters. The number of aliphatic hydroxyl groups is 1. The summed E-state index contributed by atoms with van der Waals surface area (Å²) in [4.78, 5) is 0. The molecule has 0 bridgehead atoms. The predicted octanol–water partition coefficient (Wildman–Crippen LogP) is 1.53. The van der Waals surface area contributed by atoms with Crippen LogP contribution in [0.1, 0.15) is 25.2 Å². The van der Waals surface area contributed by atoms with Crippen LogP contribution < -0.4 is 0 Å². The van der Waals surface area contributed by atoms with E-state index in [9.17, 15) is 5.11 Å². The van der Waals surface area contributed by atoms with Gasteiger partial charge in [-0.3, -0.25) is 4.68 Å². The summed E-state index contributed by atoms with van der Waals surface area (Å²) >= 11 is 0. The van der Waals surface area contributed by atoms with Crippen molar-refractivity contribution in [3.8, 4) is 0 Å². The maximum Gasteiger partial charge on any atom is 0.0969 e. The molecule has 0 aliphatic rings. The van der Waals surface area contributed by atoms with Gasteiger partial charge < -0.3 is 9.84 Å². The van der Waals surface area contributed by atoms with Crippen LogP contribution in [0.2, 0.25) is 0 Å². The van der Waals surface area contributed by atoms with E-state index in [1.165, 1.54) is 0 Å². The first-order valence-electron chi connectivity index (χ1n) is 5.76. The van der Waals surface area contributed by atoms with Crippen molar-refractivity contribution >= 4 is 0 Å². The van der Waals surface area contributed by atoms with Crippen LogP contribution in [-0.2, 0) is 11.3 Å². The number of ether oxygens (including phenoxy) is 1. The molecule has 0 aliphatic heterocycles. The SMILES string of the molecule is Cc1cc(C)n(C[C@@H](O)COCC(C)C)n1. The van der Waals surface area contributed by atoms with Crippen molar-refractivity contribution in [2.24, 2.45) is 5.92 Å². The second kappa shape index (κ2) is 6.01. The van der Waals surface area contributed by atoms with E-state index in [-0.39, 0.29) is 0 Å². The number of nitrogens with zero attached hydrogens (tertiary/aromatic N) is 2. The van der Waals surface area contributed by atoms with Crippen molar-refractivity contribution in [2.75, 3.05) is 13.2 Å². The zero-order valence-corrected chi connectivity index (χ0v) is 10.6. The molecular weight excluding hydrogens is 204 g/mol. The van der Waals surface area contributed by atoms with E-state index in [1.807, 2.05) is 24.6 Å². The summed E-state index contributed by atoms with van der Waals surface area (Å²) in [7, 11) is 0. The highest BCUT2D eigenvalue weighted by molar-refractivity contribution is 5.06. The molecule has 1 N–H and O–H groups in total. The molecule has 0 fully saturated rings. The number of aliphatic hydroxyl groups excluding tert-OH is 1. The average Bonchev–Trinajstić information content (AvgIpc) is 2.44. The van der Waals surface area contributed by atoms with E-state index in [1.54, 1.807) is 0 Å². The van der Waals surface area contributed by atoms with Crippen LogP contribution in [-0.4, -0.2) is 34.2 Å². The molecule has 1 heterocycles. The summed E-state index contributed by atoms with van der Waals surface area (Å²) in [6.07, 6.45) is -0.489. The molecule has 0 unspecified atom stereocenters. The van der Waals surface area contributed by atoms with Crippen molar-refractivity contribution in [3.05, 3.63) is 17.5 Å². The third-order valence-corrected chi connectivity index (χ3v) is 2.25. The maximum atomic E-state index is 9.76. The Morgan fingerprint density at radius 3 is 2.56 bits per heavy atom. The maximum absolute atomic E-state index is 9.76. The fourth-order valence-corrected chi connectivity index (χ4v) is 1.55. The monoisotopic (exact) mass is 226 g/mol. The molecule has 0 saturated carbocycles. The first-order valence-corrected chi connectivity index (χ1v) is 5.76. The molecular formula is C12H22N2O2. The highest BCUT2D eigenvalue weighted by atomic mass is 16.5. The summed E-state index contributed by atoms with van der Waals surface area (Å²) in [6, 6.07) is 2.00. The molecule has 1 rings (SSSR count). The summed E-state index contributed by atoms with van der Waals surface area (Å²) in [6.45, 7) is 9.68. The smallest absolute Gasteiger partial charge is 0.0969 e. The lowest BCUT2D eigenvalue weighted by molar-refractivity contribution is 0.0162. The molecule has 0 spiro atoms. The van der Waals surface area contributed by atoms with Gasteiger partial charge in [-0.25, -0.2) is 0 Å². The Labute approximate surface area is 97.2 Å². The minimum Gasteiger partial charge on any atom is -0.389 e. The van der Waals surface area contributed by atoms with E-state index in [0.29, 0.717) is 25.7 Å². The van der Waals surface area contributed by atoms with Crippen LogP contribution >= 0.6 is 0 Å². The Kier molecular flexibility index (Phi) is 4.96. The lowest BCUT2D eigenvalue weighted by atomic mass is 10.2. The second-order valence-corrected chi connectivity index (χ2v) is 4.69. The number of rotatable bonds is 6. The topological polar surface area (TPSA) is 47.3 Å². The minimum absolute atomic E-state index is 0.372. The lowest BCUT2D eigenvalue weighted by Crippen LogP contribution is -2.24. The van der Waals surface area contributed by atoms with Crippen LogP contribution in [0.5, 0.6) is 0 Å². The van der Waals surface area contributed by atoms with E-state index in [4.69, 9.17) is 4.74 Å². The molecule has 16 heavy (non-hydrogen) atoms. The van der Waals surface area contributed by atoms with Gasteiger partial charge >= 0.3 is 0 Å². The third kappa shape index (κ3) is 4.33. The van der Waals surface area contributed by atoms with Gasteiger partial charge in [-0.15, -0.1) is 0 Å². The minimum atomic E-state index is -0.489. The number of aromatic nitrogens is 2. The van der Waals surface area contributed by atoms with Gasteiger partial charge in [0.25, 0.3) is 0 Å². The van der Waals surface area contributed by atoms with Crippen molar-refractivity contribution < 1.29 is 9.84 Å². The van der Waals surface area contributed by atoms with Gasteiger partial charge in [0.2, 0.25) is 0 Å². The van der Waals surface area contributed by atoms with Crippen LogP contribution in [0, 0.1) is 19.8 Å². The molecule has 0 aromatic carbocycles. The number of hydrogen-bond donors (Lipinski definition) is 1. The molecule has 4 heteroatoms. The van der Waals surface area contributed by atoms with Crippen LogP contribution in [0.25, 0.3) is 0 Å². The van der Waals surface area contributed by atoms with Gasteiger partial charge in [-0.1, -0.05) is 13.8 Å². The van der Waals surface area contributed by atoms with E-state index in [2.05, 4.69) is 18.9 Å². The Hall–Kier alpha value is -0.870. The van der Waals surface area contributed by atoms with Crippen LogP contribution in [0.15, 0.2) is 6.07 Å². The summed E-state index contributed by atoms with van der Waals surface area (Å²) in [5, 5.41) is 14.1. The zero-order valence-electron chi connectivity index (χ0n) is 10.6. The van der Waals surface area contributed by atoms with Crippen LogP contribution in [0.3, 0.4) is 0 Å². The standard InChI is InChI=1S/C12H22N2O2/c1-9(2)7-16-8-12(15)6-14-11(4)5-10(3)13-14/h5,9,12,15H,6-8H2,1-4H3/t12-/m1/s1. The lowest BCUT2D eigenvalue weighted by Gasteiger charge is -2.13. The Balaban J connectivity index is 2.34. The van der Waals surface area contributed by atoms with Gasteiger partial charge in [-0.2, -0.15) is 5.10 Å². The van der Waals surface area contributed by atoms with Gasteiger partial charge in [0.1, 0.15) is 0 Å². The highest BCUT2D eigenvalue weighted by Crippen LogP contribution is 2.03. The summed E-state index contributed by atoms with van der Waals surface area (Å²) < 4.78 is 7.20. The first kappa shape index (κ1) is 13.2. The van der Waals surface area contributed by atoms with E-state index < -0.39 is 6.10 Å². The van der Waals surface area contributed by atoms with Gasteiger partial charge in [0.05, 0.1) is 24.9 Å². The molecule has 1 aromatic rings. The second-order valence-electron chi connectivity index (χ2n) is 4.69. The molecule has 0 aliphatic carbocycles. The fraction of sp³-hybridized carbons (Fsp3) is 0.750. The summed E-state index contributed by atoms with van der Waals surface area (Å²) in [5.74, 6) is 0.501. The largest absolute Gasteiger partial charge is 0.389 e. The third-order valence-electron chi connectivity index (χ3n) is 2.25. The molecule has 4 nitrogen and oxygen atoms in total. The zero-order chi connectivity index (χ0) is 12.1. The number of aryl methyl sites for hydroxylation is 2. The molecule has 92 valence electrons. The highest BCUT2D eigenvalue weighted by Gasteiger charge is 2.09. The Morgan fingerprint density at radius 2 is 2.06 bits per heavy atom. The average molecular weight is 226 g/mol. The fourth-order valence-electron chi connectivity index (χ4n) is 1.55. The van der Waals surface area contributed by atoms with Crippen molar-refractivity contribution in [1.82, 2.24) is 9.78 Å². The van der Waals surface area contributed by atoms with Crippen LogP contribution in [0.4, 0.5) is 0 Å². The van der Waals surface area contributed by atoms with Crippen molar-refractivity contribution in [1.29, 1.82) is 0 Å². The Bertz CT molecular complexity index is 321. The molecule has 0 saturated heterocycles. The predicted molar refractivity (Wildman–Crippen MR) is 63.4 cm³/mol. The first-order chi connectivity index (χ1) is 7.49. The Morgan fingerprint density at radius 1 is 1.38 bits per heavy atom. The normalized spacial score (nSPS) is 13.4. The molecule has 0 amide bonds. The quantitative estimate of drug-likeness (QED) is 0.800. The summed E-state index contributed by atoms with van der Waals surface area (Å²) in [5.41, 5.74) is 2.05. The number of hydrogen-bond acceptors (Lipinski definition) is 3. The van der Waals surface area contributed by atoms with E-state index in [0.717, 1.165) is 11.4 Å². The van der Waals surface area contributed by atoms with Crippen molar-refractivity contribution in [3.63, 3.8) is 0 Å².